The van der Waals surface area contributed by atoms with Gasteiger partial charge in [-0.05, 0) is 12.8 Å². The van der Waals surface area contributed by atoms with Crippen LogP contribution in [-0.4, -0.2) is 11.4 Å². The van der Waals surface area contributed by atoms with Gasteiger partial charge < -0.3 is 9.84 Å². The molecule has 9 heavy (non-hydrogen) atoms. The Morgan fingerprint density at radius 2 is 2.33 bits per heavy atom. The van der Waals surface area contributed by atoms with Crippen molar-refractivity contribution >= 4 is 0 Å². The molecule has 50 valence electrons. The van der Waals surface area contributed by atoms with E-state index in [1.807, 2.05) is 0 Å². The van der Waals surface area contributed by atoms with E-state index in [2.05, 4.69) is 6.58 Å². The minimum atomic E-state index is -0.545. The van der Waals surface area contributed by atoms with Crippen LogP contribution in [0.15, 0.2) is 12.3 Å². The normalized spacial score (nSPS) is 47.7. The fourth-order valence-corrected chi connectivity index (χ4v) is 1.60. The predicted molar refractivity (Wildman–Crippen MR) is 32.4 cm³/mol. The third kappa shape index (κ3) is 0.540. The van der Waals surface area contributed by atoms with E-state index in [1.54, 1.807) is 0 Å². The number of hydrogen-bond acceptors (Lipinski definition) is 2. The molecule has 2 unspecified atom stereocenters. The maximum atomic E-state index is 9.11. The van der Waals surface area contributed by atoms with Gasteiger partial charge in [-0.1, -0.05) is 6.58 Å². The molecule has 2 heteroatoms. The molecule has 0 aromatic rings. The van der Waals surface area contributed by atoms with Crippen molar-refractivity contribution < 1.29 is 9.84 Å². The first-order valence-electron chi connectivity index (χ1n) is 3.32. The van der Waals surface area contributed by atoms with Gasteiger partial charge in [0.15, 0.2) is 6.29 Å². The minimum absolute atomic E-state index is 0.373. The second-order valence-electron chi connectivity index (χ2n) is 2.82. The summed E-state index contributed by atoms with van der Waals surface area (Å²) in [5.74, 6) is 1.64. The number of aliphatic hydroxyl groups excluding tert-OH is 1. The highest BCUT2D eigenvalue weighted by atomic mass is 16.6. The monoisotopic (exact) mass is 126 g/mol. The molecule has 1 saturated heterocycles. The van der Waals surface area contributed by atoms with Crippen molar-refractivity contribution in [3.8, 4) is 0 Å². The molecule has 0 bridgehead atoms. The molecule has 2 aliphatic rings. The number of aliphatic hydroxyl groups is 1. The van der Waals surface area contributed by atoms with E-state index in [9.17, 15) is 0 Å². The molecule has 0 aromatic carbocycles. The predicted octanol–water partition coefficient (Wildman–Crippen LogP) is 0.875. The van der Waals surface area contributed by atoms with E-state index in [0.29, 0.717) is 11.8 Å². The van der Waals surface area contributed by atoms with Gasteiger partial charge in [0.05, 0.1) is 5.76 Å². The summed E-state index contributed by atoms with van der Waals surface area (Å²) >= 11 is 0. The summed E-state index contributed by atoms with van der Waals surface area (Å²) in [4.78, 5) is 0. The van der Waals surface area contributed by atoms with Gasteiger partial charge in [0.25, 0.3) is 0 Å². The van der Waals surface area contributed by atoms with E-state index >= 15 is 0 Å². The van der Waals surface area contributed by atoms with Gasteiger partial charge >= 0.3 is 0 Å². The Balaban J connectivity index is 2.17. The van der Waals surface area contributed by atoms with Crippen molar-refractivity contribution in [2.24, 2.45) is 11.8 Å². The zero-order valence-corrected chi connectivity index (χ0v) is 5.21. The van der Waals surface area contributed by atoms with Gasteiger partial charge in [-0.15, -0.1) is 0 Å². The summed E-state index contributed by atoms with van der Waals surface area (Å²) in [7, 11) is 0. The van der Waals surface area contributed by atoms with Crippen LogP contribution in [0, 0.1) is 11.8 Å². The Morgan fingerprint density at radius 1 is 1.56 bits per heavy atom. The van der Waals surface area contributed by atoms with Crippen LogP contribution in [0.1, 0.15) is 12.8 Å². The van der Waals surface area contributed by atoms with Gasteiger partial charge in [-0.3, -0.25) is 0 Å². The summed E-state index contributed by atoms with van der Waals surface area (Å²) < 4.78 is 5.01. The maximum absolute atomic E-state index is 9.11. The average Bonchev–Trinajstić information content (AvgIpc) is 1.73. The summed E-state index contributed by atoms with van der Waals surface area (Å²) in [6.07, 6.45) is 1.71. The lowest BCUT2D eigenvalue weighted by Crippen LogP contribution is -2.28. The standard InChI is InChI=1S/C7H10O2/c1-4-5-2-3-6(5)7(8)9-4/h5-8H,1-3H2/t5?,6?,7-/m1/s1. The molecule has 0 radical (unpaired) electrons. The second kappa shape index (κ2) is 1.51. The number of ether oxygens (including phenoxy) is 1. The molecular formula is C7H10O2. The van der Waals surface area contributed by atoms with Crippen molar-refractivity contribution in [2.45, 2.75) is 19.1 Å². The largest absolute Gasteiger partial charge is 0.469 e. The zero-order valence-electron chi connectivity index (χ0n) is 5.21. The van der Waals surface area contributed by atoms with Crippen LogP contribution in [0.2, 0.25) is 0 Å². The molecule has 2 nitrogen and oxygen atoms in total. The molecule has 2 fully saturated rings. The number of hydrogen-bond donors (Lipinski definition) is 1. The van der Waals surface area contributed by atoms with Crippen molar-refractivity contribution in [2.75, 3.05) is 0 Å². The Morgan fingerprint density at radius 3 is 2.56 bits per heavy atom. The molecule has 1 heterocycles. The van der Waals surface area contributed by atoms with Crippen LogP contribution < -0.4 is 0 Å². The molecule has 1 saturated carbocycles. The molecule has 0 amide bonds. The molecular weight excluding hydrogens is 116 g/mol. The number of rotatable bonds is 0. The molecule has 0 spiro atoms. The second-order valence-corrected chi connectivity index (χ2v) is 2.82. The summed E-state index contributed by atoms with van der Waals surface area (Å²) in [6.45, 7) is 3.71. The van der Waals surface area contributed by atoms with E-state index in [1.165, 1.54) is 0 Å². The minimum Gasteiger partial charge on any atom is -0.469 e. The van der Waals surface area contributed by atoms with Gasteiger partial charge in [-0.2, -0.15) is 0 Å². The van der Waals surface area contributed by atoms with Crippen LogP contribution in [0.3, 0.4) is 0 Å². The summed E-state index contributed by atoms with van der Waals surface area (Å²) in [5.41, 5.74) is 0. The smallest absolute Gasteiger partial charge is 0.200 e. The van der Waals surface area contributed by atoms with Crippen LogP contribution in [0.5, 0.6) is 0 Å². The molecule has 2 rings (SSSR count). The summed E-state index contributed by atoms with van der Waals surface area (Å²) in [6, 6.07) is 0. The van der Waals surface area contributed by atoms with Gasteiger partial charge in [0.1, 0.15) is 0 Å². The highest BCUT2D eigenvalue weighted by Gasteiger charge is 2.45. The van der Waals surface area contributed by atoms with Crippen molar-refractivity contribution in [1.82, 2.24) is 0 Å². The van der Waals surface area contributed by atoms with Gasteiger partial charge in [0.2, 0.25) is 0 Å². The molecule has 3 atom stereocenters. The Hall–Kier alpha value is -0.500. The number of allylic oxidation sites excluding steroid dienone is 1. The highest BCUT2D eigenvalue weighted by Crippen LogP contribution is 2.47. The number of fused-ring (bicyclic) bond motifs is 1. The Bertz CT molecular complexity index is 153. The third-order valence-corrected chi connectivity index (χ3v) is 2.38. The van der Waals surface area contributed by atoms with Crippen molar-refractivity contribution in [1.29, 1.82) is 0 Å². The van der Waals surface area contributed by atoms with Gasteiger partial charge in [-0.25, -0.2) is 0 Å². The zero-order chi connectivity index (χ0) is 6.43. The molecule has 1 N–H and O–H groups in total. The van der Waals surface area contributed by atoms with E-state index in [-0.39, 0.29) is 0 Å². The first kappa shape index (κ1) is 5.30. The van der Waals surface area contributed by atoms with Crippen molar-refractivity contribution in [3.63, 3.8) is 0 Å². The molecule has 1 aliphatic heterocycles. The lowest BCUT2D eigenvalue weighted by atomic mass is 9.74. The fraction of sp³-hybridized carbons (Fsp3) is 0.714. The van der Waals surface area contributed by atoms with E-state index in [4.69, 9.17) is 9.84 Å². The quantitative estimate of drug-likeness (QED) is 0.522. The lowest BCUT2D eigenvalue weighted by Gasteiger charge is -2.27. The first-order chi connectivity index (χ1) is 4.29. The Kier molecular flexibility index (Phi) is 0.887. The first-order valence-corrected chi connectivity index (χ1v) is 3.32. The maximum Gasteiger partial charge on any atom is 0.200 e. The topological polar surface area (TPSA) is 29.5 Å². The fourth-order valence-electron chi connectivity index (χ4n) is 1.60. The van der Waals surface area contributed by atoms with Crippen LogP contribution in [0.4, 0.5) is 0 Å². The van der Waals surface area contributed by atoms with Crippen LogP contribution >= 0.6 is 0 Å². The average molecular weight is 126 g/mol. The van der Waals surface area contributed by atoms with Gasteiger partial charge in [0, 0.05) is 11.8 Å². The van der Waals surface area contributed by atoms with Crippen LogP contribution in [0.25, 0.3) is 0 Å². The third-order valence-electron chi connectivity index (χ3n) is 2.38. The lowest BCUT2D eigenvalue weighted by molar-refractivity contribution is -0.0744. The van der Waals surface area contributed by atoms with E-state index in [0.717, 1.165) is 18.6 Å². The highest BCUT2D eigenvalue weighted by molar-refractivity contribution is 5.06. The van der Waals surface area contributed by atoms with E-state index < -0.39 is 6.29 Å². The summed E-state index contributed by atoms with van der Waals surface area (Å²) in [5, 5.41) is 9.11. The Labute approximate surface area is 54.1 Å². The molecule has 0 aromatic heterocycles. The van der Waals surface area contributed by atoms with Crippen LogP contribution in [-0.2, 0) is 4.74 Å². The molecule has 1 aliphatic carbocycles. The van der Waals surface area contributed by atoms with Crippen molar-refractivity contribution in [3.05, 3.63) is 12.3 Å². The SMILES string of the molecule is C=C1O[C@@H](O)C2CCC12.